The van der Waals surface area contributed by atoms with E-state index in [1.807, 2.05) is 0 Å². The largest absolute Gasteiger partial charge is 0.387 e. The topological polar surface area (TPSA) is 126 Å². The van der Waals surface area contributed by atoms with Crippen LogP contribution in [0.1, 0.15) is 19.1 Å². The first-order valence-corrected chi connectivity index (χ1v) is 9.37. The number of rotatable bonds is 3. The molecule has 2 aromatic rings. The summed E-state index contributed by atoms with van der Waals surface area (Å²) < 4.78 is 7.70. The van der Waals surface area contributed by atoms with Crippen LogP contribution in [0.15, 0.2) is 12.7 Å². The van der Waals surface area contributed by atoms with E-state index < -0.39 is 24.5 Å². The van der Waals surface area contributed by atoms with Gasteiger partial charge in [0.15, 0.2) is 17.7 Å². The summed E-state index contributed by atoms with van der Waals surface area (Å²) in [5.41, 5.74) is 6.98. The van der Waals surface area contributed by atoms with Gasteiger partial charge in [-0.05, 0) is 26.4 Å². The Balaban J connectivity index is 1.36. The molecule has 3 saturated heterocycles. The third-order valence-electron chi connectivity index (χ3n) is 6.44. The van der Waals surface area contributed by atoms with Gasteiger partial charge in [-0.25, -0.2) is 15.0 Å². The van der Waals surface area contributed by atoms with Crippen LogP contribution >= 0.6 is 0 Å². The first-order chi connectivity index (χ1) is 13.0. The summed E-state index contributed by atoms with van der Waals surface area (Å²) in [6.07, 6.45) is 1.93. The van der Waals surface area contributed by atoms with Crippen LogP contribution in [0, 0.1) is 0 Å². The zero-order valence-corrected chi connectivity index (χ0v) is 15.3. The lowest BCUT2D eigenvalue weighted by molar-refractivity contribution is -0.0835. The molecular formula is C17H25N7O3. The van der Waals surface area contributed by atoms with Crippen LogP contribution in [-0.2, 0) is 4.74 Å². The van der Waals surface area contributed by atoms with E-state index >= 15 is 0 Å². The van der Waals surface area contributed by atoms with Gasteiger partial charge in [0.05, 0.1) is 6.33 Å². The van der Waals surface area contributed by atoms with Gasteiger partial charge in [0, 0.05) is 25.2 Å². The summed E-state index contributed by atoms with van der Waals surface area (Å²) in [6, 6.07) is 0. The molecule has 27 heavy (non-hydrogen) atoms. The van der Waals surface area contributed by atoms with Gasteiger partial charge in [0.25, 0.3) is 0 Å². The summed E-state index contributed by atoms with van der Waals surface area (Å²) >= 11 is 0. The second-order valence-corrected chi connectivity index (χ2v) is 8.04. The fraction of sp³-hybridized carbons (Fsp3) is 0.706. The highest BCUT2D eigenvalue weighted by Crippen LogP contribution is 2.40. The molecule has 0 aliphatic carbocycles. The number of likely N-dealkylation sites (tertiary alicyclic amines) is 2. The van der Waals surface area contributed by atoms with E-state index in [-0.39, 0.29) is 11.4 Å². The Bertz CT molecular complexity index is 860. The maximum atomic E-state index is 10.6. The number of nitrogen functional groups attached to an aromatic ring is 1. The molecule has 0 aromatic carbocycles. The van der Waals surface area contributed by atoms with Crippen molar-refractivity contribution in [2.45, 2.75) is 42.9 Å². The highest BCUT2D eigenvalue weighted by molar-refractivity contribution is 5.81. The maximum Gasteiger partial charge on any atom is 0.167 e. The summed E-state index contributed by atoms with van der Waals surface area (Å²) in [6.45, 7) is 3.74. The van der Waals surface area contributed by atoms with E-state index in [0.717, 1.165) is 26.1 Å². The van der Waals surface area contributed by atoms with E-state index in [9.17, 15) is 10.2 Å². The zero-order chi connectivity index (χ0) is 18.8. The molecule has 10 heteroatoms. The molecule has 3 fully saturated rings. The third-order valence-corrected chi connectivity index (χ3v) is 6.44. The van der Waals surface area contributed by atoms with Crippen LogP contribution < -0.4 is 5.73 Å². The Labute approximate surface area is 156 Å². The number of fused-ring (bicyclic) bond motifs is 1. The predicted molar refractivity (Wildman–Crippen MR) is 96.7 cm³/mol. The van der Waals surface area contributed by atoms with Crippen LogP contribution in [0.5, 0.6) is 0 Å². The van der Waals surface area contributed by atoms with Crippen LogP contribution in [0.2, 0.25) is 0 Å². The fourth-order valence-electron chi connectivity index (χ4n) is 4.78. The van der Waals surface area contributed by atoms with Gasteiger partial charge in [0.1, 0.15) is 30.2 Å². The molecule has 4 N–H and O–H groups in total. The Morgan fingerprint density at radius 1 is 1.22 bits per heavy atom. The Morgan fingerprint density at radius 2 is 2.04 bits per heavy atom. The number of aliphatic hydroxyl groups is 2. The van der Waals surface area contributed by atoms with Crippen molar-refractivity contribution in [3.8, 4) is 0 Å². The number of nitrogens with zero attached hydrogens (tertiary/aromatic N) is 6. The third kappa shape index (κ3) is 2.55. The normalized spacial score (nSPS) is 37.4. The van der Waals surface area contributed by atoms with Gasteiger partial charge in [-0.2, -0.15) is 0 Å². The number of likely N-dealkylation sites (N-methyl/N-ethyl adjacent to an activating group) is 1. The van der Waals surface area contributed by atoms with Crippen molar-refractivity contribution in [3.05, 3.63) is 12.7 Å². The van der Waals surface area contributed by atoms with E-state index in [0.29, 0.717) is 17.7 Å². The Kier molecular flexibility index (Phi) is 3.89. The number of ether oxygens (including phenoxy) is 1. The molecule has 2 aromatic heterocycles. The molecule has 3 aliphatic heterocycles. The van der Waals surface area contributed by atoms with Gasteiger partial charge in [0.2, 0.25) is 0 Å². The Morgan fingerprint density at radius 3 is 2.74 bits per heavy atom. The number of hydrogen-bond donors (Lipinski definition) is 3. The van der Waals surface area contributed by atoms with E-state index in [1.165, 1.54) is 19.1 Å². The van der Waals surface area contributed by atoms with Gasteiger partial charge in [-0.3, -0.25) is 9.47 Å². The van der Waals surface area contributed by atoms with Gasteiger partial charge >= 0.3 is 0 Å². The van der Waals surface area contributed by atoms with Crippen molar-refractivity contribution in [2.75, 3.05) is 39.0 Å². The highest BCUT2D eigenvalue weighted by Gasteiger charge is 2.52. The van der Waals surface area contributed by atoms with E-state index in [1.54, 1.807) is 4.57 Å². The summed E-state index contributed by atoms with van der Waals surface area (Å²) in [7, 11) is 2.14. The molecule has 3 aliphatic rings. The van der Waals surface area contributed by atoms with Crippen LogP contribution in [0.3, 0.4) is 0 Å². The van der Waals surface area contributed by atoms with Crippen LogP contribution in [0.4, 0.5) is 5.82 Å². The molecule has 1 spiro atoms. The number of nitrogens with two attached hydrogens (primary N) is 1. The van der Waals surface area contributed by atoms with Crippen molar-refractivity contribution in [1.29, 1.82) is 0 Å². The molecule has 1 unspecified atom stereocenters. The average Bonchev–Trinajstić information content (AvgIpc) is 3.32. The minimum atomic E-state index is -1.06. The number of anilines is 1. The highest BCUT2D eigenvalue weighted by atomic mass is 16.6. The molecule has 0 amide bonds. The number of hydrogen-bond acceptors (Lipinski definition) is 9. The van der Waals surface area contributed by atoms with Crippen molar-refractivity contribution in [1.82, 2.24) is 29.3 Å². The molecule has 5 rings (SSSR count). The maximum absolute atomic E-state index is 10.6. The second-order valence-electron chi connectivity index (χ2n) is 8.04. The summed E-state index contributed by atoms with van der Waals surface area (Å²) in [4.78, 5) is 17.1. The van der Waals surface area contributed by atoms with Crippen molar-refractivity contribution < 1.29 is 14.9 Å². The number of imidazole rings is 1. The monoisotopic (exact) mass is 375 g/mol. The number of aliphatic hydroxyl groups excluding tert-OH is 2. The Hall–Kier alpha value is -1.85. The summed E-state index contributed by atoms with van der Waals surface area (Å²) in [5.74, 6) is 0.274. The minimum Gasteiger partial charge on any atom is -0.387 e. The van der Waals surface area contributed by atoms with Crippen LogP contribution in [-0.4, -0.2) is 96.6 Å². The minimum absolute atomic E-state index is 0.199. The standard InChI is InChI=1S/C17H25N7O3/c1-22-4-2-17(7-22)3-5-23(17)6-10-12(25)13(26)16(27-10)24-9-21-11-14(18)19-8-20-15(11)24/h8-10,12-13,16,25-26H,2-7H2,1H3,(H2,18,19,20)/t10-,12-,13-,16-,17?/m1/s1. The summed E-state index contributed by atoms with van der Waals surface area (Å²) in [5, 5.41) is 21.2. The lowest BCUT2D eigenvalue weighted by Crippen LogP contribution is -2.63. The average molecular weight is 375 g/mol. The van der Waals surface area contributed by atoms with Gasteiger partial charge < -0.3 is 25.6 Å². The SMILES string of the molecule is CN1CCC2(CCN2C[C@H]2O[C@@H](n3cnc4c(N)ncnc43)[C@H](O)[C@@H]2O)C1. The van der Waals surface area contributed by atoms with Gasteiger partial charge in [-0.15, -0.1) is 0 Å². The molecule has 0 saturated carbocycles. The molecular weight excluding hydrogens is 350 g/mol. The molecule has 146 valence electrons. The molecule has 0 bridgehead atoms. The first kappa shape index (κ1) is 17.3. The van der Waals surface area contributed by atoms with Crippen molar-refractivity contribution in [3.63, 3.8) is 0 Å². The fourth-order valence-corrected chi connectivity index (χ4v) is 4.78. The predicted octanol–water partition coefficient (Wildman–Crippen LogP) is -1.19. The zero-order valence-electron chi connectivity index (χ0n) is 15.3. The first-order valence-electron chi connectivity index (χ1n) is 9.37. The number of aromatic nitrogens is 4. The second kappa shape index (κ2) is 6.08. The van der Waals surface area contributed by atoms with Gasteiger partial charge in [-0.1, -0.05) is 0 Å². The lowest BCUT2D eigenvalue weighted by atomic mass is 9.83. The van der Waals surface area contributed by atoms with Crippen molar-refractivity contribution in [2.24, 2.45) is 0 Å². The quantitative estimate of drug-likeness (QED) is 0.607. The van der Waals surface area contributed by atoms with E-state index in [2.05, 4.69) is 31.8 Å². The molecule has 5 atom stereocenters. The lowest BCUT2D eigenvalue weighted by Gasteiger charge is -2.51. The van der Waals surface area contributed by atoms with Crippen LogP contribution in [0.25, 0.3) is 11.2 Å². The molecule has 0 radical (unpaired) electrons. The smallest absolute Gasteiger partial charge is 0.167 e. The van der Waals surface area contributed by atoms with E-state index in [4.69, 9.17) is 10.5 Å². The van der Waals surface area contributed by atoms with Crippen molar-refractivity contribution >= 4 is 17.0 Å². The molecule has 5 heterocycles. The molecule has 10 nitrogen and oxygen atoms in total.